The van der Waals surface area contributed by atoms with Gasteiger partial charge in [0.1, 0.15) is 0 Å². The van der Waals surface area contributed by atoms with E-state index in [0.29, 0.717) is 6.54 Å². The monoisotopic (exact) mass is 405 g/mol. The fourth-order valence-corrected chi connectivity index (χ4v) is 3.81. The highest BCUT2D eigenvalue weighted by Crippen LogP contribution is 2.11. The van der Waals surface area contributed by atoms with Crippen LogP contribution in [-0.4, -0.2) is 48.4 Å². The number of hydrogen-bond donors (Lipinski definition) is 1. The fourth-order valence-electron chi connectivity index (χ4n) is 3.81. The van der Waals surface area contributed by atoms with Crippen molar-refractivity contribution in [1.82, 2.24) is 15.1 Å². The lowest BCUT2D eigenvalue weighted by Gasteiger charge is -2.34. The van der Waals surface area contributed by atoms with Gasteiger partial charge in [0.2, 0.25) is 5.91 Å². The van der Waals surface area contributed by atoms with Crippen LogP contribution in [0.15, 0.2) is 66.2 Å². The molecule has 1 amide bonds. The Morgan fingerprint density at radius 3 is 2.20 bits per heavy atom. The molecule has 4 heteroatoms. The molecule has 0 spiro atoms. The molecule has 1 N–H and O–H groups in total. The Kier molecular flexibility index (Phi) is 8.66. The smallest absolute Gasteiger partial charge is 0.244 e. The van der Waals surface area contributed by atoms with Gasteiger partial charge in [-0.15, -0.1) is 0 Å². The van der Waals surface area contributed by atoms with Crippen molar-refractivity contribution in [3.8, 4) is 0 Å². The number of carbonyl (C=O) groups is 1. The highest BCUT2D eigenvalue weighted by atomic mass is 16.1. The quantitative estimate of drug-likeness (QED) is 0.640. The summed E-state index contributed by atoms with van der Waals surface area (Å²) in [5.41, 5.74) is 4.89. The molecule has 2 aromatic carbocycles. The number of aryl methyl sites for hydroxylation is 1. The van der Waals surface area contributed by atoms with E-state index in [1.807, 2.05) is 13.0 Å². The van der Waals surface area contributed by atoms with Gasteiger partial charge in [-0.2, -0.15) is 0 Å². The molecule has 2 aromatic rings. The number of hydrogen-bond acceptors (Lipinski definition) is 3. The number of nitrogens with one attached hydrogen (secondary N) is 1. The van der Waals surface area contributed by atoms with Crippen molar-refractivity contribution in [3.05, 3.63) is 82.9 Å². The number of likely N-dealkylation sites (N-methyl/N-ethyl adjacent to an activating group) is 1. The van der Waals surface area contributed by atoms with E-state index in [1.54, 1.807) is 6.08 Å². The number of allylic oxidation sites excluding steroid dienone is 1. The first-order chi connectivity index (χ1) is 14.6. The van der Waals surface area contributed by atoms with Crippen LogP contribution < -0.4 is 5.32 Å². The van der Waals surface area contributed by atoms with Gasteiger partial charge in [0.05, 0.1) is 0 Å². The SMILES string of the molecule is CCN1CCN(Cc2ccc(CNC(=O)C=C(C)CCc3ccccc3)cc2)CC1. The maximum atomic E-state index is 12.2. The molecule has 1 saturated heterocycles. The lowest BCUT2D eigenvalue weighted by Crippen LogP contribution is -2.45. The molecule has 0 unspecified atom stereocenters. The number of carbonyl (C=O) groups excluding carboxylic acids is 1. The first-order valence-corrected chi connectivity index (χ1v) is 11.1. The molecular weight excluding hydrogens is 370 g/mol. The topological polar surface area (TPSA) is 35.6 Å². The third-order valence-electron chi connectivity index (χ3n) is 5.84. The van der Waals surface area contributed by atoms with Gasteiger partial charge in [0.25, 0.3) is 0 Å². The van der Waals surface area contributed by atoms with E-state index < -0.39 is 0 Å². The van der Waals surface area contributed by atoms with Gasteiger partial charge >= 0.3 is 0 Å². The third kappa shape index (κ3) is 7.43. The zero-order chi connectivity index (χ0) is 21.2. The average Bonchev–Trinajstić information content (AvgIpc) is 2.78. The van der Waals surface area contributed by atoms with Gasteiger partial charge in [-0.1, -0.05) is 67.1 Å². The van der Waals surface area contributed by atoms with Crippen LogP contribution in [0.25, 0.3) is 0 Å². The number of nitrogens with zero attached hydrogens (tertiary/aromatic N) is 2. The molecular formula is C26H35N3O. The maximum Gasteiger partial charge on any atom is 0.244 e. The minimum atomic E-state index is -0.0153. The number of amides is 1. The largest absolute Gasteiger partial charge is 0.348 e. The predicted molar refractivity (Wildman–Crippen MR) is 124 cm³/mol. The van der Waals surface area contributed by atoms with Gasteiger partial charge in [0.15, 0.2) is 0 Å². The summed E-state index contributed by atoms with van der Waals surface area (Å²) < 4.78 is 0. The molecule has 3 rings (SSSR count). The normalized spacial score (nSPS) is 15.9. The summed E-state index contributed by atoms with van der Waals surface area (Å²) in [5, 5.41) is 3.01. The summed E-state index contributed by atoms with van der Waals surface area (Å²) in [6.45, 7) is 11.6. The Morgan fingerprint density at radius 1 is 0.900 bits per heavy atom. The molecule has 0 aromatic heterocycles. The second kappa shape index (κ2) is 11.7. The first kappa shape index (κ1) is 22.3. The van der Waals surface area contributed by atoms with Crippen molar-refractivity contribution in [1.29, 1.82) is 0 Å². The predicted octanol–water partition coefficient (Wildman–Crippen LogP) is 4.02. The summed E-state index contributed by atoms with van der Waals surface area (Å²) in [6.07, 6.45) is 3.59. The van der Waals surface area contributed by atoms with Crippen LogP contribution in [0.2, 0.25) is 0 Å². The molecule has 0 bridgehead atoms. The van der Waals surface area contributed by atoms with Crippen LogP contribution in [0, 0.1) is 0 Å². The van der Waals surface area contributed by atoms with Gasteiger partial charge in [-0.3, -0.25) is 9.69 Å². The Balaban J connectivity index is 1.39. The molecule has 1 aliphatic heterocycles. The first-order valence-electron chi connectivity index (χ1n) is 11.1. The van der Waals surface area contributed by atoms with E-state index >= 15 is 0 Å². The fraction of sp³-hybridized carbons (Fsp3) is 0.423. The molecule has 1 fully saturated rings. The molecule has 1 aliphatic rings. The minimum Gasteiger partial charge on any atom is -0.348 e. The van der Waals surface area contributed by atoms with E-state index in [1.165, 1.54) is 24.2 Å². The summed E-state index contributed by atoms with van der Waals surface area (Å²) in [5.74, 6) is -0.0153. The van der Waals surface area contributed by atoms with Crippen LogP contribution in [0.5, 0.6) is 0 Å². The highest BCUT2D eigenvalue weighted by Gasteiger charge is 2.15. The lowest BCUT2D eigenvalue weighted by atomic mass is 10.1. The van der Waals surface area contributed by atoms with Crippen molar-refractivity contribution < 1.29 is 4.79 Å². The van der Waals surface area contributed by atoms with E-state index in [9.17, 15) is 4.79 Å². The van der Waals surface area contributed by atoms with E-state index in [0.717, 1.165) is 50.2 Å². The van der Waals surface area contributed by atoms with E-state index in [4.69, 9.17) is 0 Å². The molecule has 30 heavy (non-hydrogen) atoms. The maximum absolute atomic E-state index is 12.2. The van der Waals surface area contributed by atoms with Crippen LogP contribution in [0.4, 0.5) is 0 Å². The van der Waals surface area contributed by atoms with Crippen molar-refractivity contribution in [2.24, 2.45) is 0 Å². The Bertz CT molecular complexity index is 806. The average molecular weight is 406 g/mol. The number of rotatable bonds is 9. The summed E-state index contributed by atoms with van der Waals surface area (Å²) in [7, 11) is 0. The van der Waals surface area contributed by atoms with Crippen molar-refractivity contribution in [2.75, 3.05) is 32.7 Å². The highest BCUT2D eigenvalue weighted by molar-refractivity contribution is 5.88. The molecule has 160 valence electrons. The molecule has 0 atom stereocenters. The number of benzene rings is 2. The Morgan fingerprint density at radius 2 is 1.53 bits per heavy atom. The van der Waals surface area contributed by atoms with Gasteiger partial charge in [0, 0.05) is 45.3 Å². The molecule has 4 nitrogen and oxygen atoms in total. The van der Waals surface area contributed by atoms with Gasteiger partial charge in [-0.25, -0.2) is 0 Å². The van der Waals surface area contributed by atoms with Crippen molar-refractivity contribution in [2.45, 2.75) is 39.8 Å². The molecule has 0 saturated carbocycles. The van der Waals surface area contributed by atoms with Crippen LogP contribution in [0.3, 0.4) is 0 Å². The second-order valence-corrected chi connectivity index (χ2v) is 8.22. The van der Waals surface area contributed by atoms with Crippen LogP contribution in [0.1, 0.15) is 37.0 Å². The van der Waals surface area contributed by atoms with Gasteiger partial charge < -0.3 is 10.2 Å². The lowest BCUT2D eigenvalue weighted by molar-refractivity contribution is -0.116. The Hall–Kier alpha value is -2.43. The standard InChI is InChI=1S/C26H35N3O/c1-3-28-15-17-29(18-16-28)21-25-13-11-24(12-14-25)20-27-26(30)19-22(2)9-10-23-7-5-4-6-8-23/h4-8,11-14,19H,3,9-10,15-18,20-21H2,1-2H3,(H,27,30). The molecule has 0 aliphatic carbocycles. The van der Waals surface area contributed by atoms with Gasteiger partial charge in [-0.05, 0) is 43.0 Å². The van der Waals surface area contributed by atoms with Crippen LogP contribution in [-0.2, 0) is 24.3 Å². The van der Waals surface area contributed by atoms with Crippen molar-refractivity contribution in [3.63, 3.8) is 0 Å². The zero-order valence-electron chi connectivity index (χ0n) is 18.4. The Labute approximate surface area is 181 Å². The summed E-state index contributed by atoms with van der Waals surface area (Å²) in [6, 6.07) is 19.0. The number of piperazine rings is 1. The van der Waals surface area contributed by atoms with Crippen LogP contribution >= 0.6 is 0 Å². The second-order valence-electron chi connectivity index (χ2n) is 8.22. The van der Waals surface area contributed by atoms with E-state index in [-0.39, 0.29) is 5.91 Å². The molecule has 0 radical (unpaired) electrons. The molecule has 1 heterocycles. The van der Waals surface area contributed by atoms with Crippen molar-refractivity contribution >= 4 is 5.91 Å². The minimum absolute atomic E-state index is 0.0153. The zero-order valence-corrected chi connectivity index (χ0v) is 18.4. The third-order valence-corrected chi connectivity index (χ3v) is 5.84. The summed E-state index contributed by atoms with van der Waals surface area (Å²) in [4.78, 5) is 17.2. The van der Waals surface area contributed by atoms with E-state index in [2.05, 4.69) is 70.6 Å². The summed E-state index contributed by atoms with van der Waals surface area (Å²) >= 11 is 0.